The van der Waals surface area contributed by atoms with E-state index in [0.717, 1.165) is 31.0 Å². The van der Waals surface area contributed by atoms with Gasteiger partial charge in [0.25, 0.3) is 0 Å². The number of carbonyl (C=O) groups is 4. The zero-order chi connectivity index (χ0) is 20.1. The van der Waals surface area contributed by atoms with Crippen molar-refractivity contribution < 1.29 is 38.1 Å². The fourth-order valence-electron chi connectivity index (χ4n) is 2.55. The maximum atomic E-state index is 15.4. The highest BCUT2D eigenvalue weighted by Crippen LogP contribution is 2.38. The second-order valence-electron chi connectivity index (χ2n) is 6.33. The Kier molecular flexibility index (Phi) is 7.58. The zero-order valence-electron chi connectivity index (χ0n) is 15.2. The van der Waals surface area contributed by atoms with E-state index in [-0.39, 0.29) is 24.4 Å². The van der Waals surface area contributed by atoms with Gasteiger partial charge in [0.1, 0.15) is 11.9 Å². The first-order valence-electron chi connectivity index (χ1n) is 8.12. The molecule has 26 heavy (non-hydrogen) atoms. The van der Waals surface area contributed by atoms with Crippen molar-refractivity contribution in [2.45, 2.75) is 64.6 Å². The highest BCUT2D eigenvalue weighted by molar-refractivity contribution is 5.88. The largest absolute Gasteiger partial charge is 0.456 e. The van der Waals surface area contributed by atoms with Crippen LogP contribution < -0.4 is 0 Å². The van der Waals surface area contributed by atoms with Gasteiger partial charge in [-0.1, -0.05) is 0 Å². The molecule has 1 saturated heterocycles. The summed E-state index contributed by atoms with van der Waals surface area (Å²) in [6.45, 7) is 4.15. The van der Waals surface area contributed by atoms with E-state index in [9.17, 15) is 24.3 Å². The molecular weight excluding hydrogens is 349 g/mol. The number of rotatable bonds is 8. The van der Waals surface area contributed by atoms with Crippen molar-refractivity contribution in [3.8, 4) is 0 Å². The fourth-order valence-corrected chi connectivity index (χ4v) is 2.55. The maximum absolute atomic E-state index is 15.4. The number of hydrogen-bond acceptors (Lipinski definition) is 7. The molecule has 1 N–H and O–H groups in total. The van der Waals surface area contributed by atoms with E-state index >= 15 is 4.39 Å². The van der Waals surface area contributed by atoms with Gasteiger partial charge in [0.05, 0.1) is 13.0 Å². The average molecular weight is 373 g/mol. The molecular formula is C17H24FNO7. The molecule has 2 unspecified atom stereocenters. The van der Waals surface area contributed by atoms with Crippen molar-refractivity contribution in [2.75, 3.05) is 6.61 Å². The second-order valence-corrected chi connectivity index (χ2v) is 6.33. The van der Waals surface area contributed by atoms with Gasteiger partial charge >= 0.3 is 5.97 Å². The van der Waals surface area contributed by atoms with Crippen molar-refractivity contribution in [2.24, 2.45) is 0 Å². The number of allylic oxidation sites excluding steroid dienone is 1. The first kappa shape index (κ1) is 21.9. The molecule has 0 aromatic carbocycles. The lowest BCUT2D eigenvalue weighted by Crippen LogP contribution is -2.51. The van der Waals surface area contributed by atoms with E-state index in [1.807, 2.05) is 0 Å². The van der Waals surface area contributed by atoms with Crippen molar-refractivity contribution in [3.63, 3.8) is 0 Å². The number of nitrogens with zero attached hydrogens (tertiary/aromatic N) is 1. The van der Waals surface area contributed by atoms with Crippen LogP contribution in [0, 0.1) is 0 Å². The molecule has 1 amide bonds. The molecule has 0 aliphatic carbocycles. The minimum atomic E-state index is -2.36. The summed E-state index contributed by atoms with van der Waals surface area (Å²) in [6.07, 6.45) is -2.32. The molecule has 0 spiro atoms. The average Bonchev–Trinajstić information content (AvgIpc) is 2.76. The number of hydrogen-bond donors (Lipinski definition) is 1. The Morgan fingerprint density at radius 1 is 1.23 bits per heavy atom. The summed E-state index contributed by atoms with van der Waals surface area (Å²) in [4.78, 5) is 46.6. The van der Waals surface area contributed by atoms with Gasteiger partial charge in [-0.3, -0.25) is 19.3 Å². The van der Waals surface area contributed by atoms with Crippen LogP contribution in [-0.4, -0.2) is 64.2 Å². The number of carbonyl (C=O) groups excluding carboxylic acids is 4. The van der Waals surface area contributed by atoms with Crippen LogP contribution in [0.3, 0.4) is 0 Å². The number of alkyl halides is 1. The van der Waals surface area contributed by atoms with Crippen molar-refractivity contribution in [1.82, 2.24) is 4.90 Å². The molecule has 1 rings (SSSR count). The monoisotopic (exact) mass is 373 g/mol. The van der Waals surface area contributed by atoms with Crippen LogP contribution in [0.5, 0.6) is 0 Å². The lowest BCUT2D eigenvalue weighted by molar-refractivity contribution is -0.159. The van der Waals surface area contributed by atoms with Gasteiger partial charge in [0.2, 0.25) is 5.91 Å². The third-order valence-electron chi connectivity index (χ3n) is 3.89. The summed E-state index contributed by atoms with van der Waals surface area (Å²) < 4.78 is 25.9. The number of aliphatic hydroxyl groups excluding tert-OH is 1. The quantitative estimate of drug-likeness (QED) is 0.492. The Labute approximate surface area is 150 Å². The van der Waals surface area contributed by atoms with Crippen LogP contribution in [0.1, 0.15) is 40.5 Å². The van der Waals surface area contributed by atoms with E-state index in [2.05, 4.69) is 0 Å². The second kappa shape index (κ2) is 9.00. The molecule has 0 bridgehead atoms. The maximum Gasteiger partial charge on any atom is 0.306 e. The predicted octanol–water partition coefficient (Wildman–Crippen LogP) is 0.664. The van der Waals surface area contributed by atoms with Gasteiger partial charge in [-0.05, 0) is 26.8 Å². The lowest BCUT2D eigenvalue weighted by Gasteiger charge is -2.32. The molecule has 0 radical (unpaired) electrons. The van der Waals surface area contributed by atoms with Crippen LogP contribution in [0.15, 0.2) is 12.3 Å². The summed E-state index contributed by atoms with van der Waals surface area (Å²) in [5.74, 6) is -2.00. The molecule has 4 atom stereocenters. The van der Waals surface area contributed by atoms with E-state index in [0.29, 0.717) is 0 Å². The van der Waals surface area contributed by atoms with Crippen LogP contribution in [0.25, 0.3) is 0 Å². The van der Waals surface area contributed by atoms with Crippen LogP contribution in [-0.2, 0) is 28.7 Å². The van der Waals surface area contributed by atoms with Crippen LogP contribution >= 0.6 is 0 Å². The topological polar surface area (TPSA) is 110 Å². The third-order valence-corrected chi connectivity index (χ3v) is 3.89. The number of Topliss-reactive ketones (excluding diaryl/α,β-unsaturated/α-hetero) is 1. The molecule has 0 saturated carbocycles. The molecule has 0 aromatic rings. The first-order chi connectivity index (χ1) is 12.0. The standard InChI is InChI=1S/C17H24FNO7/c1-10(21)5-6-14(24)26-15-13(9-20)25-16(17(15,4)18)19(12(3)23)8-7-11(2)22/h7-8,13,15-16,20H,5-6,9H2,1-4H3/b8-7-/t13?,15-,16?,17-/m1/s1. The number of esters is 1. The predicted molar refractivity (Wildman–Crippen MR) is 87.4 cm³/mol. The normalized spacial score (nSPS) is 28.2. The minimum absolute atomic E-state index is 0.0520. The molecule has 1 aliphatic heterocycles. The van der Waals surface area contributed by atoms with Gasteiger partial charge < -0.3 is 19.4 Å². The summed E-state index contributed by atoms with van der Waals surface area (Å²) >= 11 is 0. The van der Waals surface area contributed by atoms with Crippen molar-refractivity contribution >= 4 is 23.4 Å². The Hall–Kier alpha value is -2.13. The Morgan fingerprint density at radius 2 is 1.85 bits per heavy atom. The lowest BCUT2D eigenvalue weighted by atomic mass is 9.97. The highest BCUT2D eigenvalue weighted by Gasteiger charge is 2.59. The molecule has 1 fully saturated rings. The van der Waals surface area contributed by atoms with E-state index in [1.54, 1.807) is 0 Å². The fraction of sp³-hybridized carbons (Fsp3) is 0.647. The van der Waals surface area contributed by atoms with Crippen molar-refractivity contribution in [1.29, 1.82) is 0 Å². The number of halogens is 1. The summed E-state index contributed by atoms with van der Waals surface area (Å²) in [7, 11) is 0. The molecule has 1 aliphatic rings. The highest BCUT2D eigenvalue weighted by atomic mass is 19.1. The number of ether oxygens (including phenoxy) is 2. The molecule has 9 heteroatoms. The van der Waals surface area contributed by atoms with Gasteiger partial charge in [-0.25, -0.2) is 4.39 Å². The summed E-state index contributed by atoms with van der Waals surface area (Å²) in [5, 5.41) is 9.44. The Bertz CT molecular complexity index is 602. The van der Waals surface area contributed by atoms with Crippen molar-refractivity contribution in [3.05, 3.63) is 12.3 Å². The van der Waals surface area contributed by atoms with Gasteiger partial charge in [0.15, 0.2) is 23.8 Å². The minimum Gasteiger partial charge on any atom is -0.456 e. The van der Waals surface area contributed by atoms with E-state index in [1.165, 1.54) is 13.8 Å². The summed E-state index contributed by atoms with van der Waals surface area (Å²) in [5.41, 5.74) is -2.36. The Balaban J connectivity index is 3.03. The molecule has 8 nitrogen and oxygen atoms in total. The first-order valence-corrected chi connectivity index (χ1v) is 8.12. The van der Waals surface area contributed by atoms with Gasteiger partial charge in [-0.2, -0.15) is 0 Å². The smallest absolute Gasteiger partial charge is 0.306 e. The third kappa shape index (κ3) is 5.43. The molecule has 146 valence electrons. The summed E-state index contributed by atoms with van der Waals surface area (Å²) in [6, 6.07) is 0. The number of ketones is 2. The van der Waals surface area contributed by atoms with E-state index in [4.69, 9.17) is 9.47 Å². The molecule has 1 heterocycles. The SMILES string of the molecule is CC(=O)/C=C\N(C(C)=O)C1OC(CO)[C@@H](OC(=O)CCC(C)=O)[C@@]1(C)F. The Morgan fingerprint density at radius 3 is 2.31 bits per heavy atom. The molecule has 0 aromatic heterocycles. The van der Waals surface area contributed by atoms with E-state index < -0.39 is 42.6 Å². The van der Waals surface area contributed by atoms with Crippen LogP contribution in [0.4, 0.5) is 4.39 Å². The number of aliphatic hydroxyl groups is 1. The zero-order valence-corrected chi connectivity index (χ0v) is 15.2. The number of amides is 1. The van der Waals surface area contributed by atoms with Gasteiger partial charge in [-0.15, -0.1) is 0 Å². The van der Waals surface area contributed by atoms with Crippen LogP contribution in [0.2, 0.25) is 0 Å². The van der Waals surface area contributed by atoms with Gasteiger partial charge in [0, 0.05) is 19.5 Å².